The van der Waals surface area contributed by atoms with Crippen molar-refractivity contribution in [3.63, 3.8) is 0 Å². The van der Waals surface area contributed by atoms with Crippen LogP contribution in [0, 0.1) is 22.7 Å². The summed E-state index contributed by atoms with van der Waals surface area (Å²) in [6.45, 7) is 3.97. The molecular weight excluding hydrogens is 154 g/mol. The lowest BCUT2D eigenvalue weighted by Gasteiger charge is -2.14. The highest BCUT2D eigenvalue weighted by Crippen LogP contribution is 2.52. The minimum atomic E-state index is -0.454. The number of hydrogen-bond donors (Lipinski definition) is 0. The number of carbonyl (C=O) groups is 1. The highest BCUT2D eigenvalue weighted by molar-refractivity contribution is 5.80. The van der Waals surface area contributed by atoms with E-state index >= 15 is 0 Å². The maximum atomic E-state index is 11.4. The molecule has 0 heterocycles. The Morgan fingerprint density at radius 1 is 1.75 bits per heavy atom. The molecule has 1 atom stereocenters. The maximum Gasteiger partial charge on any atom is 0.313 e. The van der Waals surface area contributed by atoms with Crippen molar-refractivity contribution in [2.75, 3.05) is 6.61 Å². The van der Waals surface area contributed by atoms with E-state index in [-0.39, 0.29) is 11.9 Å². The molecule has 3 nitrogen and oxygen atoms in total. The third-order valence-electron chi connectivity index (χ3n) is 2.49. The van der Waals surface area contributed by atoms with E-state index in [0.29, 0.717) is 6.61 Å². The van der Waals surface area contributed by atoms with Gasteiger partial charge < -0.3 is 4.74 Å². The lowest BCUT2D eigenvalue weighted by molar-refractivity contribution is -0.150. The molecule has 0 aromatic rings. The predicted octanol–water partition coefficient (Wildman–Crippen LogP) is 1.49. The van der Waals surface area contributed by atoms with Gasteiger partial charge in [-0.1, -0.05) is 0 Å². The highest BCUT2D eigenvalue weighted by Gasteiger charge is 2.55. The molecule has 0 aromatic heterocycles. The first-order chi connectivity index (χ1) is 5.67. The molecule has 1 aliphatic rings. The van der Waals surface area contributed by atoms with Crippen molar-refractivity contribution in [3.8, 4) is 6.07 Å². The summed E-state index contributed by atoms with van der Waals surface area (Å²) in [6.07, 6.45) is 1.61. The van der Waals surface area contributed by atoms with Crippen LogP contribution in [0.3, 0.4) is 0 Å². The Morgan fingerprint density at radius 2 is 2.33 bits per heavy atom. The van der Waals surface area contributed by atoms with Crippen LogP contribution in [0.4, 0.5) is 0 Å². The largest absolute Gasteiger partial charge is 0.466 e. The molecule has 3 heteroatoms. The first-order valence-electron chi connectivity index (χ1n) is 4.24. The molecule has 0 radical (unpaired) electrons. The molecule has 1 rings (SSSR count). The smallest absolute Gasteiger partial charge is 0.313 e. The van der Waals surface area contributed by atoms with Gasteiger partial charge in [0.1, 0.15) is 0 Å². The van der Waals surface area contributed by atoms with Gasteiger partial charge in [0.05, 0.1) is 24.0 Å². The van der Waals surface area contributed by atoms with Crippen LogP contribution in [-0.2, 0) is 9.53 Å². The Bertz CT molecular complexity index is 225. The molecule has 0 saturated heterocycles. The fourth-order valence-electron chi connectivity index (χ4n) is 1.35. The summed E-state index contributed by atoms with van der Waals surface area (Å²) in [5.41, 5.74) is -0.454. The number of carbonyl (C=O) groups excluding carboxylic acids is 1. The molecule has 1 aliphatic carbocycles. The molecule has 0 N–H and O–H groups in total. The summed E-state index contributed by atoms with van der Waals surface area (Å²) in [7, 11) is 0. The lowest BCUT2D eigenvalue weighted by atomic mass is 9.92. The monoisotopic (exact) mass is 167 g/mol. The second-order valence-corrected chi connectivity index (χ2v) is 3.23. The van der Waals surface area contributed by atoms with Gasteiger partial charge in [0, 0.05) is 0 Å². The van der Waals surface area contributed by atoms with E-state index in [1.54, 1.807) is 13.8 Å². The number of ether oxygens (including phenoxy) is 1. The van der Waals surface area contributed by atoms with Gasteiger partial charge in [-0.2, -0.15) is 5.26 Å². The van der Waals surface area contributed by atoms with Crippen LogP contribution in [0.25, 0.3) is 0 Å². The lowest BCUT2D eigenvalue weighted by Crippen LogP contribution is -2.25. The first kappa shape index (κ1) is 9.05. The predicted molar refractivity (Wildman–Crippen MR) is 43.1 cm³/mol. The van der Waals surface area contributed by atoms with Crippen molar-refractivity contribution in [2.24, 2.45) is 11.3 Å². The molecule has 0 amide bonds. The Kier molecular flexibility index (Phi) is 2.37. The Labute approximate surface area is 72.3 Å². The highest BCUT2D eigenvalue weighted by atomic mass is 16.5. The molecule has 0 aliphatic heterocycles. The number of rotatable bonds is 3. The van der Waals surface area contributed by atoms with E-state index in [9.17, 15) is 4.79 Å². The Balaban J connectivity index is 2.61. The molecule has 1 saturated carbocycles. The van der Waals surface area contributed by atoms with E-state index in [4.69, 9.17) is 10.00 Å². The zero-order valence-corrected chi connectivity index (χ0v) is 7.46. The SMILES string of the molecule is CCOC(=O)C1(C(C)C#N)CC1. The van der Waals surface area contributed by atoms with E-state index in [0.717, 1.165) is 12.8 Å². The molecule has 0 aromatic carbocycles. The maximum absolute atomic E-state index is 11.4. The van der Waals surface area contributed by atoms with Gasteiger partial charge >= 0.3 is 5.97 Å². The topological polar surface area (TPSA) is 50.1 Å². The molecular formula is C9H13NO2. The molecule has 1 fully saturated rings. The number of esters is 1. The summed E-state index contributed by atoms with van der Waals surface area (Å²) in [6, 6.07) is 2.11. The van der Waals surface area contributed by atoms with Crippen molar-refractivity contribution in [2.45, 2.75) is 26.7 Å². The van der Waals surface area contributed by atoms with Gasteiger partial charge in [-0.3, -0.25) is 4.79 Å². The molecule has 0 bridgehead atoms. The van der Waals surface area contributed by atoms with Crippen LogP contribution in [0.2, 0.25) is 0 Å². The second-order valence-electron chi connectivity index (χ2n) is 3.23. The van der Waals surface area contributed by atoms with Crippen molar-refractivity contribution in [1.82, 2.24) is 0 Å². The van der Waals surface area contributed by atoms with Gasteiger partial charge in [-0.15, -0.1) is 0 Å². The van der Waals surface area contributed by atoms with Crippen molar-refractivity contribution in [1.29, 1.82) is 5.26 Å². The zero-order valence-electron chi connectivity index (χ0n) is 7.46. The van der Waals surface area contributed by atoms with Crippen LogP contribution >= 0.6 is 0 Å². The average molecular weight is 167 g/mol. The van der Waals surface area contributed by atoms with Gasteiger partial charge in [0.25, 0.3) is 0 Å². The standard InChI is InChI=1S/C9H13NO2/c1-3-12-8(11)9(4-5-9)7(2)6-10/h7H,3-5H2,1-2H3. The van der Waals surface area contributed by atoms with Crippen LogP contribution in [0.1, 0.15) is 26.7 Å². The van der Waals surface area contributed by atoms with Gasteiger partial charge in [0.2, 0.25) is 0 Å². The summed E-state index contributed by atoms with van der Waals surface area (Å²) >= 11 is 0. The third-order valence-corrected chi connectivity index (χ3v) is 2.49. The normalized spacial score (nSPS) is 20.8. The average Bonchev–Trinajstić information content (AvgIpc) is 2.84. The Hall–Kier alpha value is -1.04. The van der Waals surface area contributed by atoms with Crippen molar-refractivity contribution < 1.29 is 9.53 Å². The third kappa shape index (κ3) is 1.29. The molecule has 66 valence electrons. The number of hydrogen-bond acceptors (Lipinski definition) is 3. The fourth-order valence-corrected chi connectivity index (χ4v) is 1.35. The second kappa shape index (κ2) is 3.14. The van der Waals surface area contributed by atoms with Gasteiger partial charge in [-0.05, 0) is 26.7 Å². The zero-order chi connectivity index (χ0) is 9.19. The van der Waals surface area contributed by atoms with E-state index < -0.39 is 5.41 Å². The minimum absolute atomic E-state index is 0.195. The van der Waals surface area contributed by atoms with E-state index in [1.165, 1.54) is 0 Å². The van der Waals surface area contributed by atoms with E-state index in [1.807, 2.05) is 0 Å². The summed E-state index contributed by atoms with van der Waals surface area (Å²) < 4.78 is 4.90. The van der Waals surface area contributed by atoms with Crippen molar-refractivity contribution >= 4 is 5.97 Å². The summed E-state index contributed by atoms with van der Waals surface area (Å²) in [5.74, 6) is -0.407. The van der Waals surface area contributed by atoms with Crippen LogP contribution in [0.15, 0.2) is 0 Å². The summed E-state index contributed by atoms with van der Waals surface area (Å²) in [5, 5.41) is 8.67. The molecule has 1 unspecified atom stereocenters. The minimum Gasteiger partial charge on any atom is -0.466 e. The van der Waals surface area contributed by atoms with Gasteiger partial charge in [-0.25, -0.2) is 0 Å². The number of nitrogens with zero attached hydrogens (tertiary/aromatic N) is 1. The van der Waals surface area contributed by atoms with E-state index in [2.05, 4.69) is 6.07 Å². The Morgan fingerprint density at radius 3 is 2.67 bits per heavy atom. The van der Waals surface area contributed by atoms with Gasteiger partial charge in [0.15, 0.2) is 0 Å². The number of nitriles is 1. The molecule has 0 spiro atoms. The van der Waals surface area contributed by atoms with Crippen LogP contribution < -0.4 is 0 Å². The van der Waals surface area contributed by atoms with Crippen LogP contribution in [-0.4, -0.2) is 12.6 Å². The van der Waals surface area contributed by atoms with Crippen LogP contribution in [0.5, 0.6) is 0 Å². The summed E-state index contributed by atoms with van der Waals surface area (Å²) in [4.78, 5) is 11.4. The fraction of sp³-hybridized carbons (Fsp3) is 0.778. The van der Waals surface area contributed by atoms with Crippen molar-refractivity contribution in [3.05, 3.63) is 0 Å². The quantitative estimate of drug-likeness (QED) is 0.598. The molecule has 12 heavy (non-hydrogen) atoms. The first-order valence-corrected chi connectivity index (χ1v) is 4.24.